The summed E-state index contributed by atoms with van der Waals surface area (Å²) in [7, 11) is 1.44. The van der Waals surface area contributed by atoms with E-state index < -0.39 is 0 Å². The van der Waals surface area contributed by atoms with Crippen LogP contribution in [0.4, 0.5) is 0 Å². The SMILES string of the molecule is COC(=O)CCCNC1CCSC1C. The van der Waals surface area contributed by atoms with Crippen LogP contribution in [0.25, 0.3) is 0 Å². The van der Waals surface area contributed by atoms with Crippen LogP contribution in [0, 0.1) is 0 Å². The third-order valence-electron chi connectivity index (χ3n) is 2.57. The lowest BCUT2D eigenvalue weighted by molar-refractivity contribution is -0.140. The molecule has 4 heteroatoms. The summed E-state index contributed by atoms with van der Waals surface area (Å²) in [6, 6.07) is 0.637. The summed E-state index contributed by atoms with van der Waals surface area (Å²) in [4.78, 5) is 10.8. The van der Waals surface area contributed by atoms with Gasteiger partial charge in [0.25, 0.3) is 0 Å². The first-order valence-electron chi connectivity index (χ1n) is 5.16. The zero-order valence-electron chi connectivity index (χ0n) is 8.91. The Bertz CT molecular complexity index is 187. The Kier molecular flexibility index (Phi) is 5.33. The lowest BCUT2D eigenvalue weighted by Gasteiger charge is -2.15. The molecule has 2 unspecified atom stereocenters. The summed E-state index contributed by atoms with van der Waals surface area (Å²) in [6.45, 7) is 3.18. The minimum Gasteiger partial charge on any atom is -0.469 e. The molecule has 1 fully saturated rings. The standard InChI is InChI=1S/C10H19NO2S/c1-8-9(5-7-14-8)11-6-3-4-10(12)13-2/h8-9,11H,3-7H2,1-2H3. The number of carbonyl (C=O) groups is 1. The van der Waals surface area contributed by atoms with E-state index in [1.807, 2.05) is 11.8 Å². The number of nitrogens with one attached hydrogen (secondary N) is 1. The molecule has 0 aliphatic carbocycles. The van der Waals surface area contributed by atoms with E-state index in [1.165, 1.54) is 19.3 Å². The van der Waals surface area contributed by atoms with Crippen LogP contribution in [0.3, 0.4) is 0 Å². The second-order valence-electron chi connectivity index (χ2n) is 3.60. The topological polar surface area (TPSA) is 38.3 Å². The monoisotopic (exact) mass is 217 g/mol. The Balaban J connectivity index is 2.01. The van der Waals surface area contributed by atoms with Gasteiger partial charge in [-0.15, -0.1) is 0 Å². The van der Waals surface area contributed by atoms with Gasteiger partial charge < -0.3 is 10.1 Å². The van der Waals surface area contributed by atoms with E-state index in [4.69, 9.17) is 0 Å². The van der Waals surface area contributed by atoms with E-state index in [-0.39, 0.29) is 5.97 Å². The molecule has 0 amide bonds. The fourth-order valence-corrected chi connectivity index (χ4v) is 2.85. The zero-order valence-corrected chi connectivity index (χ0v) is 9.73. The van der Waals surface area contributed by atoms with E-state index in [1.54, 1.807) is 0 Å². The first-order chi connectivity index (χ1) is 6.74. The molecule has 1 heterocycles. The molecule has 0 bridgehead atoms. The fourth-order valence-electron chi connectivity index (χ4n) is 1.62. The Labute approximate surface area is 90.0 Å². The average molecular weight is 217 g/mol. The quantitative estimate of drug-likeness (QED) is 0.558. The maximum absolute atomic E-state index is 10.8. The second-order valence-corrected chi connectivity index (χ2v) is 5.09. The third kappa shape index (κ3) is 3.88. The van der Waals surface area contributed by atoms with Gasteiger partial charge in [0.15, 0.2) is 0 Å². The van der Waals surface area contributed by atoms with Crippen LogP contribution in [0.5, 0.6) is 0 Å². The maximum Gasteiger partial charge on any atom is 0.305 e. The number of esters is 1. The van der Waals surface area contributed by atoms with Crippen LogP contribution in [-0.4, -0.2) is 36.7 Å². The molecular formula is C10H19NO2S. The van der Waals surface area contributed by atoms with Gasteiger partial charge in [-0.1, -0.05) is 6.92 Å². The van der Waals surface area contributed by atoms with E-state index in [0.717, 1.165) is 13.0 Å². The molecule has 14 heavy (non-hydrogen) atoms. The van der Waals surface area contributed by atoms with Gasteiger partial charge in [0.2, 0.25) is 0 Å². The molecule has 0 aromatic heterocycles. The molecule has 1 N–H and O–H groups in total. The van der Waals surface area contributed by atoms with Gasteiger partial charge in [-0.2, -0.15) is 11.8 Å². The van der Waals surface area contributed by atoms with Crippen molar-refractivity contribution < 1.29 is 9.53 Å². The summed E-state index contributed by atoms with van der Waals surface area (Å²) < 4.78 is 4.57. The normalized spacial score (nSPS) is 26.4. The smallest absolute Gasteiger partial charge is 0.305 e. The molecule has 1 saturated heterocycles. The number of thioether (sulfide) groups is 1. The molecule has 3 nitrogen and oxygen atoms in total. The predicted octanol–water partition coefficient (Wildman–Crippen LogP) is 1.42. The number of rotatable bonds is 5. The van der Waals surface area contributed by atoms with Gasteiger partial charge >= 0.3 is 5.97 Å². The van der Waals surface area contributed by atoms with Crippen molar-refractivity contribution in [2.75, 3.05) is 19.4 Å². The van der Waals surface area contributed by atoms with Crippen LogP contribution in [0.15, 0.2) is 0 Å². The minimum atomic E-state index is -0.111. The van der Waals surface area contributed by atoms with Gasteiger partial charge in [0.05, 0.1) is 7.11 Å². The predicted molar refractivity (Wildman–Crippen MR) is 59.6 cm³/mol. The second kappa shape index (κ2) is 6.30. The van der Waals surface area contributed by atoms with Crippen LogP contribution in [0.1, 0.15) is 26.2 Å². The molecular weight excluding hydrogens is 198 g/mol. The van der Waals surface area contributed by atoms with Gasteiger partial charge in [0, 0.05) is 17.7 Å². The zero-order chi connectivity index (χ0) is 10.4. The Hall–Kier alpha value is -0.220. The molecule has 0 aromatic carbocycles. The molecule has 1 rings (SSSR count). The van der Waals surface area contributed by atoms with Crippen molar-refractivity contribution in [1.29, 1.82) is 0 Å². The summed E-state index contributed by atoms with van der Waals surface area (Å²) in [6.07, 6.45) is 2.66. The van der Waals surface area contributed by atoms with Crippen LogP contribution in [0.2, 0.25) is 0 Å². The van der Waals surface area contributed by atoms with Gasteiger partial charge in [-0.05, 0) is 25.1 Å². The number of methoxy groups -OCH3 is 1. The highest BCUT2D eigenvalue weighted by Crippen LogP contribution is 2.25. The van der Waals surface area contributed by atoms with Crippen molar-refractivity contribution in [1.82, 2.24) is 5.32 Å². The summed E-state index contributed by atoms with van der Waals surface area (Å²) in [5, 5.41) is 4.20. The molecule has 1 aliphatic heterocycles. The van der Waals surface area contributed by atoms with Crippen molar-refractivity contribution in [2.24, 2.45) is 0 Å². The Morgan fingerprint density at radius 2 is 2.43 bits per heavy atom. The molecule has 2 atom stereocenters. The van der Waals surface area contributed by atoms with Crippen molar-refractivity contribution in [3.05, 3.63) is 0 Å². The summed E-state index contributed by atoms with van der Waals surface area (Å²) in [5.74, 6) is 1.15. The number of ether oxygens (including phenoxy) is 1. The van der Waals surface area contributed by atoms with Gasteiger partial charge in [-0.3, -0.25) is 4.79 Å². The molecule has 82 valence electrons. The van der Waals surface area contributed by atoms with Crippen molar-refractivity contribution in [3.63, 3.8) is 0 Å². The highest BCUT2D eigenvalue weighted by Gasteiger charge is 2.22. The molecule has 0 spiro atoms. The third-order valence-corrected chi connectivity index (χ3v) is 3.89. The van der Waals surface area contributed by atoms with E-state index in [9.17, 15) is 4.79 Å². The van der Waals surface area contributed by atoms with Crippen molar-refractivity contribution >= 4 is 17.7 Å². The van der Waals surface area contributed by atoms with Crippen LogP contribution in [-0.2, 0) is 9.53 Å². The van der Waals surface area contributed by atoms with Crippen molar-refractivity contribution in [2.45, 2.75) is 37.5 Å². The number of hydrogen-bond donors (Lipinski definition) is 1. The van der Waals surface area contributed by atoms with E-state index in [0.29, 0.717) is 17.7 Å². The van der Waals surface area contributed by atoms with Crippen LogP contribution >= 0.6 is 11.8 Å². The minimum absolute atomic E-state index is 0.111. The number of carbonyl (C=O) groups excluding carboxylic acids is 1. The van der Waals surface area contributed by atoms with Gasteiger partial charge in [-0.25, -0.2) is 0 Å². The highest BCUT2D eigenvalue weighted by atomic mass is 32.2. The highest BCUT2D eigenvalue weighted by molar-refractivity contribution is 8.00. The molecule has 0 aromatic rings. The lowest BCUT2D eigenvalue weighted by Crippen LogP contribution is -2.34. The first kappa shape index (κ1) is 11.9. The summed E-state index contributed by atoms with van der Waals surface area (Å²) in [5.41, 5.74) is 0. The lowest BCUT2D eigenvalue weighted by atomic mass is 10.1. The first-order valence-corrected chi connectivity index (χ1v) is 6.20. The van der Waals surface area contributed by atoms with E-state index in [2.05, 4.69) is 17.0 Å². The van der Waals surface area contributed by atoms with Crippen molar-refractivity contribution in [3.8, 4) is 0 Å². The number of hydrogen-bond acceptors (Lipinski definition) is 4. The maximum atomic E-state index is 10.8. The van der Waals surface area contributed by atoms with Crippen LogP contribution < -0.4 is 5.32 Å². The molecule has 1 aliphatic rings. The molecule has 0 radical (unpaired) electrons. The van der Waals surface area contributed by atoms with E-state index >= 15 is 0 Å². The summed E-state index contributed by atoms with van der Waals surface area (Å²) >= 11 is 2.02. The largest absolute Gasteiger partial charge is 0.469 e. The fraction of sp³-hybridized carbons (Fsp3) is 0.900. The Morgan fingerprint density at radius 3 is 3.00 bits per heavy atom. The average Bonchev–Trinajstić information content (AvgIpc) is 2.58. The Morgan fingerprint density at radius 1 is 1.64 bits per heavy atom. The molecule has 0 saturated carbocycles. The van der Waals surface area contributed by atoms with Gasteiger partial charge in [0.1, 0.15) is 0 Å².